The van der Waals surface area contributed by atoms with Gasteiger partial charge in [-0.25, -0.2) is 4.79 Å². The predicted molar refractivity (Wildman–Crippen MR) is 68.4 cm³/mol. The van der Waals surface area contributed by atoms with Crippen molar-refractivity contribution in [1.29, 1.82) is 0 Å². The van der Waals surface area contributed by atoms with Gasteiger partial charge < -0.3 is 10.4 Å². The lowest BCUT2D eigenvalue weighted by Crippen LogP contribution is -2.17. The molecule has 0 aliphatic rings. The molecule has 0 fully saturated rings. The lowest BCUT2D eigenvalue weighted by atomic mass is 10.1. The van der Waals surface area contributed by atoms with Crippen molar-refractivity contribution in [3.63, 3.8) is 0 Å². The van der Waals surface area contributed by atoms with E-state index in [-0.39, 0.29) is 11.6 Å². The molecule has 0 saturated heterocycles. The minimum atomic E-state index is -0.921. The standard InChI is InChI=1S/C13H20N2O2/c1-3-4-5-6-10(2)15-12-9-14-8-7-11(12)13(16)17/h7-10,15H,3-6H2,1-2H3,(H,16,17). The van der Waals surface area contributed by atoms with Crippen LogP contribution in [-0.4, -0.2) is 22.1 Å². The number of carboxylic acid groups (broad SMARTS) is 1. The quantitative estimate of drug-likeness (QED) is 0.714. The van der Waals surface area contributed by atoms with Crippen molar-refractivity contribution in [3.8, 4) is 0 Å². The molecule has 4 heteroatoms. The van der Waals surface area contributed by atoms with Crippen molar-refractivity contribution in [3.05, 3.63) is 24.0 Å². The zero-order valence-corrected chi connectivity index (χ0v) is 10.4. The average Bonchev–Trinajstić information content (AvgIpc) is 2.29. The number of carbonyl (C=O) groups is 1. The Hall–Kier alpha value is -1.58. The van der Waals surface area contributed by atoms with Gasteiger partial charge in [-0.1, -0.05) is 26.2 Å². The molecule has 0 aliphatic carbocycles. The van der Waals surface area contributed by atoms with Crippen LogP contribution in [0.4, 0.5) is 5.69 Å². The van der Waals surface area contributed by atoms with Crippen LogP contribution in [-0.2, 0) is 0 Å². The second-order valence-corrected chi connectivity index (χ2v) is 4.27. The Balaban J connectivity index is 2.58. The van der Waals surface area contributed by atoms with Crippen molar-refractivity contribution in [2.75, 3.05) is 5.32 Å². The van der Waals surface area contributed by atoms with E-state index in [9.17, 15) is 4.79 Å². The molecule has 0 radical (unpaired) electrons. The fourth-order valence-electron chi connectivity index (χ4n) is 1.73. The zero-order valence-electron chi connectivity index (χ0n) is 10.4. The molecule has 2 N–H and O–H groups in total. The van der Waals surface area contributed by atoms with Crippen molar-refractivity contribution >= 4 is 11.7 Å². The first-order chi connectivity index (χ1) is 8.15. The number of nitrogens with one attached hydrogen (secondary N) is 1. The zero-order chi connectivity index (χ0) is 12.7. The van der Waals surface area contributed by atoms with Gasteiger partial charge in [-0.2, -0.15) is 0 Å². The smallest absolute Gasteiger partial charge is 0.337 e. The van der Waals surface area contributed by atoms with Crippen LogP contribution in [0.3, 0.4) is 0 Å². The van der Waals surface area contributed by atoms with Crippen LogP contribution >= 0.6 is 0 Å². The molecular weight excluding hydrogens is 216 g/mol. The van der Waals surface area contributed by atoms with Gasteiger partial charge in [-0.05, 0) is 19.4 Å². The first kappa shape index (κ1) is 13.5. The van der Waals surface area contributed by atoms with E-state index in [1.807, 2.05) is 0 Å². The molecule has 0 spiro atoms. The molecule has 1 unspecified atom stereocenters. The highest BCUT2D eigenvalue weighted by Gasteiger charge is 2.11. The van der Waals surface area contributed by atoms with E-state index in [1.54, 1.807) is 6.20 Å². The monoisotopic (exact) mass is 236 g/mol. The molecule has 0 aliphatic heterocycles. The van der Waals surface area contributed by atoms with E-state index in [0.717, 1.165) is 12.8 Å². The summed E-state index contributed by atoms with van der Waals surface area (Å²) in [6.07, 6.45) is 7.68. The number of aromatic carboxylic acids is 1. The summed E-state index contributed by atoms with van der Waals surface area (Å²) in [6.45, 7) is 4.23. The van der Waals surface area contributed by atoms with E-state index in [1.165, 1.54) is 25.1 Å². The average molecular weight is 236 g/mol. The summed E-state index contributed by atoms with van der Waals surface area (Å²) in [5.41, 5.74) is 0.881. The third-order valence-electron chi connectivity index (χ3n) is 2.69. The summed E-state index contributed by atoms with van der Waals surface area (Å²) in [4.78, 5) is 14.9. The Kier molecular flexibility index (Phi) is 5.46. The van der Waals surface area contributed by atoms with Gasteiger partial charge in [0.05, 0.1) is 17.4 Å². The third kappa shape index (κ3) is 4.43. The van der Waals surface area contributed by atoms with Crippen molar-refractivity contribution < 1.29 is 9.90 Å². The molecule has 4 nitrogen and oxygen atoms in total. The highest BCUT2D eigenvalue weighted by molar-refractivity contribution is 5.93. The van der Waals surface area contributed by atoms with Crippen molar-refractivity contribution in [1.82, 2.24) is 4.98 Å². The van der Waals surface area contributed by atoms with Gasteiger partial charge in [0, 0.05) is 12.2 Å². The molecule has 0 amide bonds. The highest BCUT2D eigenvalue weighted by Crippen LogP contribution is 2.16. The number of nitrogens with zero attached hydrogens (tertiary/aromatic N) is 1. The number of unbranched alkanes of at least 4 members (excludes halogenated alkanes) is 2. The maximum absolute atomic E-state index is 11.0. The lowest BCUT2D eigenvalue weighted by molar-refractivity contribution is 0.0698. The Morgan fingerprint density at radius 2 is 2.29 bits per heavy atom. The molecule has 94 valence electrons. The molecule has 1 rings (SSSR count). The van der Waals surface area contributed by atoms with Gasteiger partial charge in [0.15, 0.2) is 0 Å². The normalized spacial score (nSPS) is 12.1. The van der Waals surface area contributed by atoms with Gasteiger partial charge in [-0.15, -0.1) is 0 Å². The van der Waals surface area contributed by atoms with Gasteiger partial charge >= 0.3 is 5.97 Å². The summed E-state index contributed by atoms with van der Waals surface area (Å²) in [5.74, 6) is -0.921. The van der Waals surface area contributed by atoms with Gasteiger partial charge in [0.2, 0.25) is 0 Å². The highest BCUT2D eigenvalue weighted by atomic mass is 16.4. The topological polar surface area (TPSA) is 62.2 Å². The second-order valence-electron chi connectivity index (χ2n) is 4.27. The van der Waals surface area contributed by atoms with Crippen LogP contribution in [0.5, 0.6) is 0 Å². The Morgan fingerprint density at radius 3 is 2.94 bits per heavy atom. The Labute approximate surface area is 102 Å². The van der Waals surface area contributed by atoms with Crippen molar-refractivity contribution in [2.45, 2.75) is 45.6 Å². The van der Waals surface area contributed by atoms with Gasteiger partial charge in [0.25, 0.3) is 0 Å². The van der Waals surface area contributed by atoms with Crippen LogP contribution in [0, 0.1) is 0 Å². The molecule has 0 bridgehead atoms. The molecule has 1 heterocycles. The van der Waals surface area contributed by atoms with Gasteiger partial charge in [-0.3, -0.25) is 4.98 Å². The fraction of sp³-hybridized carbons (Fsp3) is 0.538. The van der Waals surface area contributed by atoms with E-state index in [2.05, 4.69) is 24.1 Å². The van der Waals surface area contributed by atoms with Gasteiger partial charge in [0.1, 0.15) is 0 Å². The van der Waals surface area contributed by atoms with E-state index in [0.29, 0.717) is 5.69 Å². The van der Waals surface area contributed by atoms with Crippen LogP contribution in [0.15, 0.2) is 18.5 Å². The minimum Gasteiger partial charge on any atom is -0.478 e. The number of hydrogen-bond acceptors (Lipinski definition) is 3. The number of pyridine rings is 1. The molecule has 1 aromatic heterocycles. The summed E-state index contributed by atoms with van der Waals surface area (Å²) in [5, 5.41) is 12.2. The summed E-state index contributed by atoms with van der Waals surface area (Å²) in [6, 6.07) is 1.78. The third-order valence-corrected chi connectivity index (χ3v) is 2.69. The molecule has 0 aromatic carbocycles. The number of carboxylic acids is 1. The largest absolute Gasteiger partial charge is 0.478 e. The molecule has 0 saturated carbocycles. The van der Waals surface area contributed by atoms with Crippen LogP contribution < -0.4 is 5.32 Å². The predicted octanol–water partition coefficient (Wildman–Crippen LogP) is 3.16. The van der Waals surface area contributed by atoms with Crippen molar-refractivity contribution in [2.24, 2.45) is 0 Å². The first-order valence-corrected chi connectivity index (χ1v) is 6.09. The van der Waals surface area contributed by atoms with Crippen LogP contribution in [0.25, 0.3) is 0 Å². The lowest BCUT2D eigenvalue weighted by Gasteiger charge is -2.16. The maximum Gasteiger partial charge on any atom is 0.337 e. The van der Waals surface area contributed by atoms with E-state index in [4.69, 9.17) is 5.11 Å². The Morgan fingerprint density at radius 1 is 1.53 bits per heavy atom. The molecule has 1 aromatic rings. The number of rotatable bonds is 7. The number of anilines is 1. The molecule has 1 atom stereocenters. The molecule has 17 heavy (non-hydrogen) atoms. The SMILES string of the molecule is CCCCCC(C)Nc1cnccc1C(=O)O. The fourth-order valence-corrected chi connectivity index (χ4v) is 1.73. The molecular formula is C13H20N2O2. The Bertz CT molecular complexity index is 366. The van der Waals surface area contributed by atoms with Crippen LogP contribution in [0.2, 0.25) is 0 Å². The number of aromatic nitrogens is 1. The summed E-state index contributed by atoms with van der Waals surface area (Å²) in [7, 11) is 0. The van der Waals surface area contributed by atoms with E-state index >= 15 is 0 Å². The maximum atomic E-state index is 11.0. The minimum absolute atomic E-state index is 0.267. The first-order valence-electron chi connectivity index (χ1n) is 6.09. The summed E-state index contributed by atoms with van der Waals surface area (Å²) < 4.78 is 0. The summed E-state index contributed by atoms with van der Waals surface area (Å²) >= 11 is 0. The number of hydrogen-bond donors (Lipinski definition) is 2. The second kappa shape index (κ2) is 6.89. The van der Waals surface area contributed by atoms with Crippen LogP contribution in [0.1, 0.15) is 49.9 Å². The van der Waals surface area contributed by atoms with E-state index < -0.39 is 5.97 Å².